The minimum Gasteiger partial charge on any atom is -0.490 e. The molecule has 3 aromatic rings. The van der Waals surface area contributed by atoms with E-state index in [0.717, 1.165) is 5.56 Å². The second kappa shape index (κ2) is 9.38. The van der Waals surface area contributed by atoms with E-state index in [-0.39, 0.29) is 23.7 Å². The van der Waals surface area contributed by atoms with Crippen molar-refractivity contribution in [2.24, 2.45) is 0 Å². The van der Waals surface area contributed by atoms with Crippen molar-refractivity contribution in [3.05, 3.63) is 71.0 Å². The quantitative estimate of drug-likeness (QED) is 0.565. The number of alkyl halides is 2. The minimum absolute atomic E-state index is 0.0684. The first-order valence-corrected chi connectivity index (χ1v) is 9.12. The van der Waals surface area contributed by atoms with E-state index in [9.17, 15) is 13.6 Å². The molecule has 0 spiro atoms. The topological polar surface area (TPSA) is 65.4 Å². The maximum Gasteiger partial charge on any atom is 0.387 e. The number of benzene rings is 2. The Hall–Kier alpha value is -3.13. The highest BCUT2D eigenvalue weighted by molar-refractivity contribution is 6.30. The fourth-order valence-corrected chi connectivity index (χ4v) is 2.73. The van der Waals surface area contributed by atoms with Crippen molar-refractivity contribution >= 4 is 23.2 Å². The highest BCUT2D eigenvalue weighted by Crippen LogP contribution is 2.30. The van der Waals surface area contributed by atoms with Gasteiger partial charge in [-0.25, -0.2) is 0 Å². The molecule has 0 bridgehead atoms. The zero-order valence-electron chi connectivity index (χ0n) is 15.4. The van der Waals surface area contributed by atoms with Gasteiger partial charge in [0.2, 0.25) is 0 Å². The Balaban J connectivity index is 1.69. The molecule has 9 heteroatoms. The molecule has 0 fully saturated rings. The van der Waals surface area contributed by atoms with Crippen LogP contribution in [0.4, 0.5) is 14.5 Å². The van der Waals surface area contributed by atoms with Crippen LogP contribution in [0.15, 0.2) is 54.9 Å². The summed E-state index contributed by atoms with van der Waals surface area (Å²) >= 11 is 5.88. The molecule has 1 heterocycles. The molecule has 0 aliphatic carbocycles. The van der Waals surface area contributed by atoms with Crippen molar-refractivity contribution in [1.29, 1.82) is 0 Å². The molecule has 1 aromatic heterocycles. The van der Waals surface area contributed by atoms with E-state index in [0.29, 0.717) is 17.3 Å². The third-order valence-corrected chi connectivity index (χ3v) is 4.12. The van der Waals surface area contributed by atoms with E-state index in [2.05, 4.69) is 15.2 Å². The predicted molar refractivity (Wildman–Crippen MR) is 105 cm³/mol. The van der Waals surface area contributed by atoms with Crippen LogP contribution in [-0.4, -0.2) is 28.9 Å². The zero-order valence-corrected chi connectivity index (χ0v) is 16.2. The Morgan fingerprint density at radius 3 is 2.66 bits per heavy atom. The smallest absolute Gasteiger partial charge is 0.387 e. The number of hydrogen-bond acceptors (Lipinski definition) is 4. The van der Waals surface area contributed by atoms with Crippen molar-refractivity contribution in [3.8, 4) is 11.5 Å². The van der Waals surface area contributed by atoms with Gasteiger partial charge in [0.05, 0.1) is 25.0 Å². The fourth-order valence-electron chi connectivity index (χ4n) is 2.61. The lowest BCUT2D eigenvalue weighted by Gasteiger charge is -2.12. The van der Waals surface area contributed by atoms with Gasteiger partial charge in [0.15, 0.2) is 11.5 Å². The highest BCUT2D eigenvalue weighted by Gasteiger charge is 2.15. The van der Waals surface area contributed by atoms with Gasteiger partial charge in [-0.05, 0) is 42.8 Å². The normalized spacial score (nSPS) is 10.8. The van der Waals surface area contributed by atoms with Crippen LogP contribution in [0.1, 0.15) is 22.8 Å². The Labute approximate surface area is 171 Å². The molecule has 0 radical (unpaired) electrons. The maximum absolute atomic E-state index is 12.5. The number of halogens is 3. The monoisotopic (exact) mass is 421 g/mol. The second-order valence-corrected chi connectivity index (χ2v) is 6.42. The third kappa shape index (κ3) is 5.68. The van der Waals surface area contributed by atoms with Crippen LogP contribution in [-0.2, 0) is 6.54 Å². The van der Waals surface area contributed by atoms with Gasteiger partial charge in [0, 0.05) is 16.8 Å². The first-order valence-electron chi connectivity index (χ1n) is 8.74. The standard InChI is InChI=1S/C20H18ClF2N3O3/c1-2-28-18-9-14(5-8-17(18)29-20(22)23)19(27)25-16-10-24-26(12-16)11-13-3-6-15(21)7-4-13/h3-10,12,20H,2,11H2,1H3,(H,25,27). The van der Waals surface area contributed by atoms with Gasteiger partial charge >= 0.3 is 6.61 Å². The molecular formula is C20H18ClF2N3O3. The Kier molecular flexibility index (Phi) is 6.66. The molecule has 1 amide bonds. The average Bonchev–Trinajstić information content (AvgIpc) is 3.11. The van der Waals surface area contributed by atoms with Gasteiger partial charge in [-0.1, -0.05) is 23.7 Å². The summed E-state index contributed by atoms with van der Waals surface area (Å²) in [5.74, 6) is -0.492. The van der Waals surface area contributed by atoms with E-state index in [1.54, 1.807) is 29.9 Å². The number of nitrogens with one attached hydrogen (secondary N) is 1. The summed E-state index contributed by atoms with van der Waals surface area (Å²) in [5, 5.41) is 7.58. The van der Waals surface area contributed by atoms with Crippen molar-refractivity contribution in [2.45, 2.75) is 20.1 Å². The maximum atomic E-state index is 12.5. The summed E-state index contributed by atoms with van der Waals surface area (Å²) in [7, 11) is 0. The molecule has 0 atom stereocenters. The van der Waals surface area contributed by atoms with Gasteiger partial charge in [-0.2, -0.15) is 13.9 Å². The Morgan fingerprint density at radius 1 is 1.21 bits per heavy atom. The number of ether oxygens (including phenoxy) is 2. The number of carbonyl (C=O) groups excluding carboxylic acids is 1. The first-order chi connectivity index (χ1) is 13.9. The number of rotatable bonds is 8. The molecule has 6 nitrogen and oxygen atoms in total. The van der Waals surface area contributed by atoms with Crippen LogP contribution in [0.2, 0.25) is 5.02 Å². The van der Waals surface area contributed by atoms with Crippen LogP contribution in [0.3, 0.4) is 0 Å². The number of hydrogen-bond donors (Lipinski definition) is 1. The molecule has 2 aromatic carbocycles. The summed E-state index contributed by atoms with van der Waals surface area (Å²) in [5.41, 5.74) is 1.74. The highest BCUT2D eigenvalue weighted by atomic mass is 35.5. The van der Waals surface area contributed by atoms with Gasteiger partial charge in [-0.15, -0.1) is 0 Å². The molecule has 29 heavy (non-hydrogen) atoms. The number of carbonyl (C=O) groups is 1. The van der Waals surface area contributed by atoms with Crippen molar-refractivity contribution in [3.63, 3.8) is 0 Å². The molecule has 0 unspecified atom stereocenters. The molecule has 152 valence electrons. The van der Waals surface area contributed by atoms with Crippen LogP contribution in [0, 0.1) is 0 Å². The van der Waals surface area contributed by atoms with Crippen molar-refractivity contribution < 1.29 is 23.0 Å². The lowest BCUT2D eigenvalue weighted by molar-refractivity contribution is -0.0514. The van der Waals surface area contributed by atoms with Gasteiger partial charge < -0.3 is 14.8 Å². The summed E-state index contributed by atoms with van der Waals surface area (Å²) in [6.07, 6.45) is 3.20. The average molecular weight is 422 g/mol. The van der Waals surface area contributed by atoms with Crippen LogP contribution < -0.4 is 14.8 Å². The van der Waals surface area contributed by atoms with E-state index in [1.807, 2.05) is 12.1 Å². The lowest BCUT2D eigenvalue weighted by atomic mass is 10.2. The van der Waals surface area contributed by atoms with E-state index in [1.165, 1.54) is 24.4 Å². The first kappa shape index (κ1) is 20.6. The SMILES string of the molecule is CCOc1cc(C(=O)Nc2cnn(Cc3ccc(Cl)cc3)c2)ccc1OC(F)F. The van der Waals surface area contributed by atoms with Crippen LogP contribution in [0.25, 0.3) is 0 Å². The molecular weight excluding hydrogens is 404 g/mol. The molecule has 1 N–H and O–H groups in total. The van der Waals surface area contributed by atoms with Crippen LogP contribution >= 0.6 is 11.6 Å². The minimum atomic E-state index is -2.99. The molecule has 0 aliphatic heterocycles. The van der Waals surface area contributed by atoms with E-state index in [4.69, 9.17) is 16.3 Å². The van der Waals surface area contributed by atoms with E-state index >= 15 is 0 Å². The number of aromatic nitrogens is 2. The summed E-state index contributed by atoms with van der Waals surface area (Å²) < 4.78 is 36.4. The summed E-state index contributed by atoms with van der Waals surface area (Å²) in [4.78, 5) is 12.5. The Bertz CT molecular complexity index is 977. The van der Waals surface area contributed by atoms with Gasteiger partial charge in [-0.3, -0.25) is 9.48 Å². The van der Waals surface area contributed by atoms with Crippen molar-refractivity contribution in [2.75, 3.05) is 11.9 Å². The van der Waals surface area contributed by atoms with E-state index < -0.39 is 12.5 Å². The zero-order chi connectivity index (χ0) is 20.8. The van der Waals surface area contributed by atoms with Gasteiger partial charge in [0.1, 0.15) is 0 Å². The molecule has 0 saturated heterocycles. The lowest BCUT2D eigenvalue weighted by Crippen LogP contribution is -2.12. The number of amides is 1. The Morgan fingerprint density at radius 2 is 1.97 bits per heavy atom. The molecule has 3 rings (SSSR count). The summed E-state index contributed by atoms with van der Waals surface area (Å²) in [6, 6.07) is 11.4. The molecule has 0 aliphatic rings. The number of anilines is 1. The van der Waals surface area contributed by atoms with Crippen molar-refractivity contribution in [1.82, 2.24) is 9.78 Å². The largest absolute Gasteiger partial charge is 0.490 e. The summed E-state index contributed by atoms with van der Waals surface area (Å²) in [6.45, 7) is -0.530. The third-order valence-electron chi connectivity index (χ3n) is 3.87. The predicted octanol–water partition coefficient (Wildman–Crippen LogP) is 4.84. The molecule has 0 saturated carbocycles. The number of nitrogens with zero attached hydrogens (tertiary/aromatic N) is 2. The second-order valence-electron chi connectivity index (χ2n) is 5.98. The van der Waals surface area contributed by atoms with Gasteiger partial charge in [0.25, 0.3) is 5.91 Å². The van der Waals surface area contributed by atoms with Crippen LogP contribution in [0.5, 0.6) is 11.5 Å². The fraction of sp³-hybridized carbons (Fsp3) is 0.200.